The quantitative estimate of drug-likeness (QED) is 0.0495. The lowest BCUT2D eigenvalue weighted by atomic mass is 10.0. The maximum atomic E-state index is 12.7. The van der Waals surface area contributed by atoms with Crippen molar-refractivity contribution in [3.8, 4) is 0 Å². The fourth-order valence-corrected chi connectivity index (χ4v) is 7.03. The van der Waals surface area contributed by atoms with Crippen LogP contribution in [-0.2, 0) is 19.1 Å². The number of ether oxygens (including phenoxy) is 2. The highest BCUT2D eigenvalue weighted by molar-refractivity contribution is 5.69. The summed E-state index contributed by atoms with van der Waals surface area (Å²) in [5, 5.41) is 9.17. The van der Waals surface area contributed by atoms with Crippen molar-refractivity contribution in [3.63, 3.8) is 0 Å². The van der Waals surface area contributed by atoms with Crippen molar-refractivity contribution in [2.24, 2.45) is 0 Å². The number of hydrogen-bond acceptors (Lipinski definition) is 6. The molecule has 0 heterocycles. The summed E-state index contributed by atoms with van der Waals surface area (Å²) in [5.74, 6) is -0.0491. The molecule has 0 spiro atoms. The predicted octanol–water partition coefficient (Wildman–Crippen LogP) is 13.0. The van der Waals surface area contributed by atoms with Gasteiger partial charge in [0, 0.05) is 19.4 Å². The predicted molar refractivity (Wildman–Crippen MR) is 219 cm³/mol. The van der Waals surface area contributed by atoms with Gasteiger partial charge in [0.05, 0.1) is 13.3 Å². The molecule has 7 heteroatoms. The first-order chi connectivity index (χ1) is 25.6. The summed E-state index contributed by atoms with van der Waals surface area (Å²) >= 11 is 0. The van der Waals surface area contributed by atoms with Crippen LogP contribution in [0.4, 0.5) is 4.39 Å². The minimum absolute atomic E-state index is 0.00890. The van der Waals surface area contributed by atoms with Crippen molar-refractivity contribution in [2.45, 2.75) is 238 Å². The lowest BCUT2D eigenvalue weighted by Gasteiger charge is -2.22. The third-order valence-electron chi connectivity index (χ3n) is 10.4. The molecule has 0 aromatic rings. The molecule has 1 atom stereocenters. The molecule has 310 valence electrons. The minimum atomic E-state index is -0.187. The zero-order valence-electron chi connectivity index (χ0n) is 34.8. The van der Waals surface area contributed by atoms with Gasteiger partial charge in [0.15, 0.2) is 0 Å². The summed E-state index contributed by atoms with van der Waals surface area (Å²) in [7, 11) is 0. The Morgan fingerprint density at radius 1 is 0.500 bits per heavy atom. The molecule has 0 aromatic heterocycles. The topological polar surface area (TPSA) is 76.1 Å². The first-order valence-electron chi connectivity index (χ1n) is 22.8. The number of halogens is 1. The average Bonchev–Trinajstić information content (AvgIpc) is 3.14. The second-order valence-electron chi connectivity index (χ2n) is 15.6. The highest BCUT2D eigenvalue weighted by Gasteiger charge is 2.14. The van der Waals surface area contributed by atoms with Gasteiger partial charge in [-0.3, -0.25) is 14.0 Å². The van der Waals surface area contributed by atoms with Crippen molar-refractivity contribution in [1.82, 2.24) is 4.90 Å². The largest absolute Gasteiger partial charge is 0.466 e. The second kappa shape index (κ2) is 42.5. The smallest absolute Gasteiger partial charge is 0.306 e. The molecular formula is C45H88FNO5. The Bertz CT molecular complexity index is 739. The number of carbonyl (C=O) groups is 2. The van der Waals surface area contributed by atoms with E-state index in [1.807, 2.05) is 0 Å². The molecule has 0 aliphatic rings. The highest BCUT2D eigenvalue weighted by Crippen LogP contribution is 2.18. The number of unbranched alkanes of at least 4 members (excludes halogenated alkanes) is 24. The Kier molecular flexibility index (Phi) is 41.5. The van der Waals surface area contributed by atoms with Crippen molar-refractivity contribution < 1.29 is 28.6 Å². The summed E-state index contributed by atoms with van der Waals surface area (Å²) in [5.41, 5.74) is 0. The van der Waals surface area contributed by atoms with Crippen LogP contribution in [0.15, 0.2) is 0 Å². The fourth-order valence-electron chi connectivity index (χ4n) is 7.03. The van der Waals surface area contributed by atoms with Crippen LogP contribution in [-0.4, -0.2) is 67.6 Å². The molecule has 6 nitrogen and oxygen atoms in total. The van der Waals surface area contributed by atoms with Crippen LogP contribution in [0.2, 0.25) is 0 Å². The number of alkyl halides is 1. The van der Waals surface area contributed by atoms with Crippen molar-refractivity contribution >= 4 is 11.9 Å². The number of rotatable bonds is 43. The lowest BCUT2D eigenvalue weighted by Crippen LogP contribution is -2.27. The van der Waals surface area contributed by atoms with Gasteiger partial charge in [-0.05, 0) is 103 Å². The fraction of sp³-hybridized carbons (Fsp3) is 0.956. The van der Waals surface area contributed by atoms with Crippen molar-refractivity contribution in [2.75, 3.05) is 39.5 Å². The zero-order valence-corrected chi connectivity index (χ0v) is 34.8. The SMILES string of the molecule is CCCCCCCCC(CCCCCC)OC(=O)CCCCCCCN(CCCCCO)CCCCCC(=O)OCCCCCCCCCCCF. The number of carbonyl (C=O) groups excluding carboxylic acids is 2. The molecule has 0 amide bonds. The molecule has 1 N–H and O–H groups in total. The molecule has 52 heavy (non-hydrogen) atoms. The van der Waals surface area contributed by atoms with Crippen LogP contribution in [0.25, 0.3) is 0 Å². The number of esters is 2. The maximum absolute atomic E-state index is 12.7. The lowest BCUT2D eigenvalue weighted by molar-refractivity contribution is -0.150. The molecular weight excluding hydrogens is 653 g/mol. The first-order valence-corrected chi connectivity index (χ1v) is 22.8. The van der Waals surface area contributed by atoms with Crippen LogP contribution in [0.1, 0.15) is 232 Å². The van der Waals surface area contributed by atoms with Gasteiger partial charge in [0.1, 0.15) is 6.10 Å². The van der Waals surface area contributed by atoms with E-state index in [0.29, 0.717) is 25.9 Å². The Morgan fingerprint density at radius 2 is 0.904 bits per heavy atom. The summed E-state index contributed by atoms with van der Waals surface area (Å²) in [6.45, 7) is 8.36. The number of aliphatic hydroxyl groups is 1. The molecule has 0 rings (SSSR count). The third kappa shape index (κ3) is 38.5. The molecule has 1 unspecified atom stereocenters. The van der Waals surface area contributed by atoms with E-state index in [0.717, 1.165) is 116 Å². The van der Waals surface area contributed by atoms with Gasteiger partial charge in [-0.25, -0.2) is 0 Å². The Morgan fingerprint density at radius 3 is 1.44 bits per heavy atom. The van der Waals surface area contributed by atoms with Gasteiger partial charge in [-0.1, -0.05) is 136 Å². The van der Waals surface area contributed by atoms with Crippen LogP contribution in [0.3, 0.4) is 0 Å². The number of nitrogens with zero attached hydrogens (tertiary/aromatic N) is 1. The Balaban J connectivity index is 4.10. The number of aliphatic hydroxyl groups excluding tert-OH is 1. The number of hydrogen-bond donors (Lipinski definition) is 1. The standard InChI is InChI=1S/C45H88FNO5/c1-3-5-7-9-16-24-34-43(33-23-8-6-4-2)52-45(50)36-25-17-15-19-28-38-47(40-30-22-31-41-48)39-29-21-26-35-44(49)51-42-32-20-14-12-10-11-13-18-27-37-46/h43,48H,3-42H2,1-2H3. The molecule has 0 aliphatic carbocycles. The van der Waals surface area contributed by atoms with Crippen LogP contribution in [0, 0.1) is 0 Å². The van der Waals surface area contributed by atoms with Crippen molar-refractivity contribution in [3.05, 3.63) is 0 Å². The van der Waals surface area contributed by atoms with Gasteiger partial charge < -0.3 is 19.5 Å². The van der Waals surface area contributed by atoms with Crippen LogP contribution in [0.5, 0.6) is 0 Å². The summed E-state index contributed by atoms with van der Waals surface area (Å²) in [4.78, 5) is 27.4. The third-order valence-corrected chi connectivity index (χ3v) is 10.4. The molecule has 0 fully saturated rings. The van der Waals surface area contributed by atoms with E-state index in [4.69, 9.17) is 9.47 Å². The summed E-state index contributed by atoms with van der Waals surface area (Å²) in [6.07, 6.45) is 37.2. The van der Waals surface area contributed by atoms with Gasteiger partial charge >= 0.3 is 11.9 Å². The second-order valence-corrected chi connectivity index (χ2v) is 15.6. The van der Waals surface area contributed by atoms with E-state index in [1.165, 1.54) is 103 Å². The molecule has 0 aliphatic heterocycles. The summed E-state index contributed by atoms with van der Waals surface area (Å²) < 4.78 is 23.6. The van der Waals surface area contributed by atoms with E-state index >= 15 is 0 Å². The van der Waals surface area contributed by atoms with Crippen LogP contribution >= 0.6 is 0 Å². The normalized spacial score (nSPS) is 12.1. The van der Waals surface area contributed by atoms with E-state index in [2.05, 4.69) is 18.7 Å². The van der Waals surface area contributed by atoms with Crippen LogP contribution < -0.4 is 0 Å². The van der Waals surface area contributed by atoms with E-state index in [-0.39, 0.29) is 31.3 Å². The molecule has 0 bridgehead atoms. The Labute approximate surface area is 322 Å². The monoisotopic (exact) mass is 742 g/mol. The maximum Gasteiger partial charge on any atom is 0.306 e. The van der Waals surface area contributed by atoms with Gasteiger partial charge in [-0.15, -0.1) is 0 Å². The van der Waals surface area contributed by atoms with E-state index < -0.39 is 0 Å². The van der Waals surface area contributed by atoms with E-state index in [9.17, 15) is 19.1 Å². The van der Waals surface area contributed by atoms with Gasteiger partial charge in [0.2, 0.25) is 0 Å². The molecule has 0 aromatic carbocycles. The van der Waals surface area contributed by atoms with Crippen molar-refractivity contribution in [1.29, 1.82) is 0 Å². The van der Waals surface area contributed by atoms with Gasteiger partial charge in [-0.2, -0.15) is 0 Å². The minimum Gasteiger partial charge on any atom is -0.466 e. The average molecular weight is 742 g/mol. The zero-order chi connectivity index (χ0) is 38.0. The highest BCUT2D eigenvalue weighted by atomic mass is 19.1. The molecule has 0 radical (unpaired) electrons. The first kappa shape index (κ1) is 50.8. The van der Waals surface area contributed by atoms with Gasteiger partial charge in [0.25, 0.3) is 0 Å². The molecule has 0 saturated heterocycles. The Hall–Kier alpha value is -1.21. The summed E-state index contributed by atoms with van der Waals surface area (Å²) in [6, 6.07) is 0. The molecule has 0 saturated carbocycles. The van der Waals surface area contributed by atoms with E-state index in [1.54, 1.807) is 0 Å².